The fourth-order valence-electron chi connectivity index (χ4n) is 2.07. The van der Waals surface area contributed by atoms with Gasteiger partial charge in [0.05, 0.1) is 18.4 Å². The van der Waals surface area contributed by atoms with Gasteiger partial charge in [-0.2, -0.15) is 0 Å². The van der Waals surface area contributed by atoms with Gasteiger partial charge in [0.15, 0.2) is 0 Å². The van der Waals surface area contributed by atoms with Crippen LogP contribution in [0.5, 0.6) is 0 Å². The Labute approximate surface area is 137 Å². The van der Waals surface area contributed by atoms with E-state index in [0.29, 0.717) is 21.3 Å². The lowest BCUT2D eigenvalue weighted by atomic mass is 10.1. The van der Waals surface area contributed by atoms with E-state index in [2.05, 4.69) is 15.3 Å². The smallest absolute Gasteiger partial charge is 0.131 e. The molecule has 1 atom stereocenters. The van der Waals surface area contributed by atoms with Gasteiger partial charge in [0, 0.05) is 21.8 Å². The quantitative estimate of drug-likeness (QED) is 0.794. The number of hydrogen-bond donors (Lipinski definition) is 1. The minimum atomic E-state index is -0.803. The van der Waals surface area contributed by atoms with E-state index in [-0.39, 0.29) is 6.54 Å². The maximum absolute atomic E-state index is 10.3. The van der Waals surface area contributed by atoms with E-state index >= 15 is 0 Å². The molecule has 0 saturated heterocycles. The predicted octanol–water partition coefficient (Wildman–Crippen LogP) is 3.38. The average Bonchev–Trinajstić information content (AvgIpc) is 2.96. The van der Waals surface area contributed by atoms with Gasteiger partial charge < -0.3 is 5.11 Å². The molecule has 2 heterocycles. The van der Waals surface area contributed by atoms with Crippen LogP contribution in [0.3, 0.4) is 0 Å². The van der Waals surface area contributed by atoms with Crippen molar-refractivity contribution < 1.29 is 5.11 Å². The highest BCUT2D eigenvalue weighted by Crippen LogP contribution is 2.27. The van der Waals surface area contributed by atoms with Crippen molar-refractivity contribution in [3.8, 4) is 11.4 Å². The van der Waals surface area contributed by atoms with Gasteiger partial charge in [0.2, 0.25) is 0 Å². The first-order valence-electron chi connectivity index (χ1n) is 6.58. The predicted molar refractivity (Wildman–Crippen MR) is 84.7 cm³/mol. The molecule has 2 aromatic heterocycles. The molecule has 0 saturated carbocycles. The van der Waals surface area contributed by atoms with Crippen LogP contribution in [0.4, 0.5) is 0 Å². The molecular formula is C15H12Cl2N4O. The first kappa shape index (κ1) is 15.0. The Hall–Kier alpha value is -1.95. The maximum Gasteiger partial charge on any atom is 0.131 e. The van der Waals surface area contributed by atoms with Crippen LogP contribution in [0.25, 0.3) is 11.4 Å². The SMILES string of the molecule is OC(Cn1cc(-c2ccccn2)nn1)c1ccc(Cl)cc1Cl. The Morgan fingerprint density at radius 1 is 1.14 bits per heavy atom. The van der Waals surface area contributed by atoms with Gasteiger partial charge in [0.1, 0.15) is 11.8 Å². The van der Waals surface area contributed by atoms with Gasteiger partial charge in [-0.05, 0) is 24.3 Å². The van der Waals surface area contributed by atoms with Crippen molar-refractivity contribution in [2.75, 3.05) is 0 Å². The van der Waals surface area contributed by atoms with Gasteiger partial charge in [-0.25, -0.2) is 4.68 Å². The molecule has 0 aliphatic rings. The van der Waals surface area contributed by atoms with E-state index in [1.54, 1.807) is 35.3 Å². The number of aliphatic hydroxyl groups is 1. The van der Waals surface area contributed by atoms with Crippen molar-refractivity contribution in [1.29, 1.82) is 0 Å². The Bertz CT molecular complexity index is 776. The van der Waals surface area contributed by atoms with Crippen molar-refractivity contribution in [2.45, 2.75) is 12.6 Å². The summed E-state index contributed by atoms with van der Waals surface area (Å²) in [6.45, 7) is 0.237. The average molecular weight is 335 g/mol. The number of aromatic nitrogens is 4. The molecule has 112 valence electrons. The van der Waals surface area contributed by atoms with Crippen molar-refractivity contribution in [3.05, 3.63) is 64.4 Å². The van der Waals surface area contributed by atoms with Crippen molar-refractivity contribution >= 4 is 23.2 Å². The van der Waals surface area contributed by atoms with E-state index < -0.39 is 6.10 Å². The second-order valence-corrected chi connectivity index (χ2v) is 5.57. The minimum Gasteiger partial charge on any atom is -0.386 e. The Kier molecular flexibility index (Phi) is 4.38. The van der Waals surface area contributed by atoms with Gasteiger partial charge >= 0.3 is 0 Å². The summed E-state index contributed by atoms with van der Waals surface area (Å²) in [7, 11) is 0. The van der Waals surface area contributed by atoms with Crippen LogP contribution in [0.1, 0.15) is 11.7 Å². The number of benzene rings is 1. The summed E-state index contributed by atoms with van der Waals surface area (Å²) >= 11 is 11.9. The highest BCUT2D eigenvalue weighted by molar-refractivity contribution is 6.35. The number of rotatable bonds is 4. The zero-order valence-corrected chi connectivity index (χ0v) is 12.9. The number of aliphatic hydroxyl groups excluding tert-OH is 1. The molecule has 22 heavy (non-hydrogen) atoms. The largest absolute Gasteiger partial charge is 0.386 e. The molecule has 0 amide bonds. The second kappa shape index (κ2) is 6.44. The fourth-order valence-corrected chi connectivity index (χ4v) is 2.60. The zero-order valence-electron chi connectivity index (χ0n) is 11.4. The summed E-state index contributed by atoms with van der Waals surface area (Å²) in [5.74, 6) is 0. The lowest BCUT2D eigenvalue weighted by Gasteiger charge is -2.12. The first-order chi connectivity index (χ1) is 10.6. The third kappa shape index (κ3) is 3.27. The van der Waals surface area contributed by atoms with Crippen LogP contribution in [0, 0.1) is 0 Å². The standard InChI is InChI=1S/C15H12Cl2N4O/c16-10-4-5-11(12(17)7-10)15(22)9-21-8-14(19-20-21)13-3-1-2-6-18-13/h1-8,15,22H,9H2. The minimum absolute atomic E-state index is 0.237. The molecule has 1 N–H and O–H groups in total. The van der Waals surface area contributed by atoms with Crippen LogP contribution < -0.4 is 0 Å². The molecule has 1 unspecified atom stereocenters. The van der Waals surface area contributed by atoms with Crippen molar-refractivity contribution in [3.63, 3.8) is 0 Å². The van der Waals surface area contributed by atoms with Gasteiger partial charge in [-0.1, -0.05) is 40.5 Å². The Morgan fingerprint density at radius 3 is 2.73 bits per heavy atom. The molecule has 3 aromatic rings. The third-order valence-electron chi connectivity index (χ3n) is 3.15. The molecule has 0 radical (unpaired) electrons. The van der Waals surface area contributed by atoms with Gasteiger partial charge in [0.25, 0.3) is 0 Å². The Morgan fingerprint density at radius 2 is 2.00 bits per heavy atom. The van der Waals surface area contributed by atoms with Crippen molar-refractivity contribution in [2.24, 2.45) is 0 Å². The van der Waals surface area contributed by atoms with E-state index in [1.807, 2.05) is 18.2 Å². The molecule has 3 rings (SSSR count). The zero-order chi connectivity index (χ0) is 15.5. The number of halogens is 2. The molecule has 5 nitrogen and oxygen atoms in total. The van der Waals surface area contributed by atoms with Crippen LogP contribution >= 0.6 is 23.2 Å². The summed E-state index contributed by atoms with van der Waals surface area (Å²) in [4.78, 5) is 4.21. The maximum atomic E-state index is 10.3. The molecular weight excluding hydrogens is 323 g/mol. The normalized spacial score (nSPS) is 12.3. The lowest BCUT2D eigenvalue weighted by Crippen LogP contribution is -2.09. The molecule has 0 fully saturated rings. The monoisotopic (exact) mass is 334 g/mol. The van der Waals surface area contributed by atoms with Crippen LogP contribution in [0.2, 0.25) is 10.0 Å². The highest BCUT2D eigenvalue weighted by Gasteiger charge is 2.14. The molecule has 0 aliphatic carbocycles. The van der Waals surface area contributed by atoms with Crippen LogP contribution in [-0.2, 0) is 6.54 Å². The van der Waals surface area contributed by atoms with E-state index in [4.69, 9.17) is 23.2 Å². The fraction of sp³-hybridized carbons (Fsp3) is 0.133. The molecule has 0 spiro atoms. The summed E-state index contributed by atoms with van der Waals surface area (Å²) < 4.78 is 1.56. The van der Waals surface area contributed by atoms with E-state index in [1.165, 1.54) is 0 Å². The number of pyridine rings is 1. The first-order valence-corrected chi connectivity index (χ1v) is 7.33. The highest BCUT2D eigenvalue weighted by atomic mass is 35.5. The van der Waals surface area contributed by atoms with Crippen LogP contribution in [-0.4, -0.2) is 25.1 Å². The van der Waals surface area contributed by atoms with Crippen molar-refractivity contribution in [1.82, 2.24) is 20.0 Å². The topological polar surface area (TPSA) is 63.8 Å². The van der Waals surface area contributed by atoms with E-state index in [0.717, 1.165) is 5.69 Å². The number of nitrogens with zero attached hydrogens (tertiary/aromatic N) is 4. The molecule has 0 bridgehead atoms. The molecule has 1 aromatic carbocycles. The Balaban J connectivity index is 1.77. The van der Waals surface area contributed by atoms with Crippen LogP contribution in [0.15, 0.2) is 48.8 Å². The summed E-state index contributed by atoms with van der Waals surface area (Å²) in [5.41, 5.74) is 1.98. The molecule has 0 aliphatic heterocycles. The third-order valence-corrected chi connectivity index (χ3v) is 3.71. The molecule has 7 heteroatoms. The summed E-state index contributed by atoms with van der Waals surface area (Å²) in [5, 5.41) is 19.3. The van der Waals surface area contributed by atoms with E-state index in [9.17, 15) is 5.11 Å². The number of hydrogen-bond acceptors (Lipinski definition) is 4. The van der Waals surface area contributed by atoms with Gasteiger partial charge in [-0.3, -0.25) is 4.98 Å². The second-order valence-electron chi connectivity index (χ2n) is 4.72. The summed E-state index contributed by atoms with van der Waals surface area (Å²) in [6, 6.07) is 10.5. The lowest BCUT2D eigenvalue weighted by molar-refractivity contribution is 0.151. The summed E-state index contributed by atoms with van der Waals surface area (Å²) in [6.07, 6.45) is 2.62. The van der Waals surface area contributed by atoms with Gasteiger partial charge in [-0.15, -0.1) is 5.10 Å².